The topological polar surface area (TPSA) is 77.4 Å². The highest BCUT2D eigenvalue weighted by Gasteiger charge is 2.09. The highest BCUT2D eigenvalue weighted by atomic mass is 79.9. The average Bonchev–Trinajstić information content (AvgIpc) is 3.25. The van der Waals surface area contributed by atoms with Crippen LogP contribution in [0.5, 0.6) is 11.5 Å². The van der Waals surface area contributed by atoms with Crippen molar-refractivity contribution in [3.63, 3.8) is 0 Å². The van der Waals surface area contributed by atoms with E-state index in [1.54, 1.807) is 19.6 Å². The van der Waals surface area contributed by atoms with Crippen molar-refractivity contribution in [2.75, 3.05) is 25.6 Å². The quantitative estimate of drug-likeness (QED) is 0.417. The van der Waals surface area contributed by atoms with Crippen molar-refractivity contribution in [2.45, 2.75) is 13.1 Å². The third kappa shape index (κ3) is 7.37. The zero-order valence-corrected chi connectivity index (χ0v) is 18.9. The fraction of sp³-hybridized carbons (Fsp3) is 0.238. The van der Waals surface area contributed by atoms with Crippen molar-refractivity contribution in [3.8, 4) is 11.5 Å². The van der Waals surface area contributed by atoms with E-state index in [4.69, 9.17) is 9.47 Å². The number of imidazole rings is 1. The lowest BCUT2D eigenvalue weighted by molar-refractivity contribution is -0.118. The lowest BCUT2D eigenvalue weighted by atomic mass is 10.2. The molecule has 0 saturated carbocycles. The number of halogens is 2. The van der Waals surface area contributed by atoms with Gasteiger partial charge in [-0.15, -0.1) is 12.4 Å². The summed E-state index contributed by atoms with van der Waals surface area (Å²) in [5, 5.41) is 6.17. The first-order valence-corrected chi connectivity index (χ1v) is 9.95. The molecule has 0 saturated heterocycles. The van der Waals surface area contributed by atoms with Gasteiger partial charge in [0.15, 0.2) is 18.1 Å². The molecule has 3 rings (SSSR count). The Kier molecular flexibility index (Phi) is 9.66. The summed E-state index contributed by atoms with van der Waals surface area (Å²) < 4.78 is 14.0. The van der Waals surface area contributed by atoms with Crippen LogP contribution in [0.25, 0.3) is 0 Å². The van der Waals surface area contributed by atoms with Crippen LogP contribution in [0.2, 0.25) is 0 Å². The van der Waals surface area contributed by atoms with Gasteiger partial charge in [-0.25, -0.2) is 4.98 Å². The summed E-state index contributed by atoms with van der Waals surface area (Å²) in [4.78, 5) is 16.1. The molecular weight excluding hydrogens is 472 g/mol. The Morgan fingerprint density at radius 3 is 2.67 bits per heavy atom. The molecule has 0 unspecified atom stereocenters. The first-order valence-electron chi connectivity index (χ1n) is 9.15. The van der Waals surface area contributed by atoms with Crippen molar-refractivity contribution < 1.29 is 14.3 Å². The van der Waals surface area contributed by atoms with Gasteiger partial charge < -0.3 is 24.7 Å². The summed E-state index contributed by atoms with van der Waals surface area (Å²) in [6, 6.07) is 13.0. The zero-order chi connectivity index (χ0) is 20.5. The van der Waals surface area contributed by atoms with Crippen LogP contribution in [0.3, 0.4) is 0 Å². The standard InChI is InChI=1S/C21H23BrN4O3.ClH/c1-28-20-12-16(13-23-8-10-26-11-9-24-15-26)2-7-19(20)29-14-21(27)25-18-5-3-17(22)4-6-18;/h2-7,9,11-12,15,23H,8,10,13-14H2,1H3,(H,25,27);1H. The first kappa shape index (κ1) is 23.7. The van der Waals surface area contributed by atoms with Gasteiger partial charge >= 0.3 is 0 Å². The maximum Gasteiger partial charge on any atom is 0.262 e. The van der Waals surface area contributed by atoms with Crippen LogP contribution in [-0.2, 0) is 17.9 Å². The lowest BCUT2D eigenvalue weighted by Gasteiger charge is -2.13. The Morgan fingerprint density at radius 2 is 1.97 bits per heavy atom. The van der Waals surface area contributed by atoms with E-state index < -0.39 is 0 Å². The van der Waals surface area contributed by atoms with Crippen LogP contribution in [0.15, 0.2) is 65.7 Å². The zero-order valence-electron chi connectivity index (χ0n) is 16.5. The van der Waals surface area contributed by atoms with E-state index >= 15 is 0 Å². The number of carbonyl (C=O) groups is 1. The van der Waals surface area contributed by atoms with Crippen LogP contribution in [0.4, 0.5) is 5.69 Å². The minimum absolute atomic E-state index is 0. The van der Waals surface area contributed by atoms with Crippen molar-refractivity contribution in [3.05, 3.63) is 71.2 Å². The number of benzene rings is 2. The fourth-order valence-corrected chi connectivity index (χ4v) is 2.94. The number of hydrogen-bond acceptors (Lipinski definition) is 5. The van der Waals surface area contributed by atoms with Crippen LogP contribution in [-0.4, -0.2) is 35.7 Å². The number of aromatic nitrogens is 2. The van der Waals surface area contributed by atoms with Crippen molar-refractivity contribution >= 4 is 39.9 Å². The first-order chi connectivity index (χ1) is 14.1. The van der Waals surface area contributed by atoms with Crippen LogP contribution in [0, 0.1) is 0 Å². The number of ether oxygens (including phenoxy) is 2. The van der Waals surface area contributed by atoms with Gasteiger partial charge in [0.25, 0.3) is 5.91 Å². The number of anilines is 1. The summed E-state index contributed by atoms with van der Waals surface area (Å²) in [7, 11) is 1.58. The molecule has 0 aliphatic carbocycles. The molecule has 1 heterocycles. The Hall–Kier alpha value is -2.55. The number of carbonyl (C=O) groups excluding carboxylic acids is 1. The molecule has 1 aromatic heterocycles. The van der Waals surface area contributed by atoms with Gasteiger partial charge in [0.2, 0.25) is 0 Å². The molecule has 0 aliphatic rings. The number of rotatable bonds is 10. The monoisotopic (exact) mass is 494 g/mol. The summed E-state index contributed by atoms with van der Waals surface area (Å²) in [5.41, 5.74) is 1.78. The van der Waals surface area contributed by atoms with Gasteiger partial charge in [0, 0.05) is 42.2 Å². The smallest absolute Gasteiger partial charge is 0.262 e. The van der Waals surface area contributed by atoms with Gasteiger partial charge in [0.1, 0.15) is 0 Å². The Labute approximate surface area is 190 Å². The molecule has 0 spiro atoms. The number of amides is 1. The van der Waals surface area contributed by atoms with Gasteiger partial charge in [0.05, 0.1) is 13.4 Å². The maximum atomic E-state index is 12.1. The molecule has 3 aromatic rings. The van der Waals surface area contributed by atoms with Gasteiger partial charge in [-0.3, -0.25) is 4.79 Å². The second-order valence-electron chi connectivity index (χ2n) is 6.31. The van der Waals surface area contributed by atoms with Gasteiger partial charge in [-0.05, 0) is 42.0 Å². The molecule has 2 aromatic carbocycles. The van der Waals surface area contributed by atoms with Crippen molar-refractivity contribution in [2.24, 2.45) is 0 Å². The number of nitrogens with zero attached hydrogens (tertiary/aromatic N) is 2. The summed E-state index contributed by atoms with van der Waals surface area (Å²) >= 11 is 3.36. The van der Waals surface area contributed by atoms with E-state index in [0.717, 1.165) is 23.1 Å². The molecule has 0 atom stereocenters. The van der Waals surface area contributed by atoms with Crippen molar-refractivity contribution in [1.29, 1.82) is 0 Å². The summed E-state index contributed by atoms with van der Waals surface area (Å²) in [6.07, 6.45) is 5.50. The highest BCUT2D eigenvalue weighted by Crippen LogP contribution is 2.28. The molecule has 0 radical (unpaired) electrons. The third-order valence-electron chi connectivity index (χ3n) is 4.15. The molecule has 2 N–H and O–H groups in total. The van der Waals surface area contributed by atoms with Crippen LogP contribution >= 0.6 is 28.3 Å². The Bertz CT molecular complexity index is 921. The van der Waals surface area contributed by atoms with Crippen LogP contribution in [0.1, 0.15) is 5.56 Å². The second kappa shape index (κ2) is 12.2. The maximum absolute atomic E-state index is 12.1. The van der Waals surface area contributed by atoms with Crippen molar-refractivity contribution in [1.82, 2.24) is 14.9 Å². The molecule has 0 fully saturated rings. The SMILES string of the molecule is COc1cc(CNCCn2ccnc2)ccc1OCC(=O)Nc1ccc(Br)cc1.Cl. The van der Waals surface area contributed by atoms with E-state index in [-0.39, 0.29) is 24.9 Å². The van der Waals surface area contributed by atoms with E-state index in [0.29, 0.717) is 23.7 Å². The molecule has 9 heteroatoms. The average molecular weight is 496 g/mol. The third-order valence-corrected chi connectivity index (χ3v) is 4.68. The number of nitrogens with one attached hydrogen (secondary N) is 2. The van der Waals surface area contributed by atoms with E-state index in [9.17, 15) is 4.79 Å². The summed E-state index contributed by atoms with van der Waals surface area (Å²) in [6.45, 7) is 2.28. The molecule has 160 valence electrons. The highest BCUT2D eigenvalue weighted by molar-refractivity contribution is 9.10. The number of hydrogen-bond donors (Lipinski definition) is 2. The molecule has 0 aliphatic heterocycles. The molecule has 1 amide bonds. The predicted octanol–water partition coefficient (Wildman–Crippen LogP) is 3.88. The normalized spacial score (nSPS) is 10.2. The minimum Gasteiger partial charge on any atom is -0.493 e. The molecule has 30 heavy (non-hydrogen) atoms. The molecular formula is C21H24BrClN4O3. The van der Waals surface area contributed by atoms with Crippen LogP contribution < -0.4 is 20.1 Å². The van der Waals surface area contributed by atoms with Gasteiger partial charge in [-0.1, -0.05) is 22.0 Å². The summed E-state index contributed by atoms with van der Waals surface area (Å²) in [5.74, 6) is 0.885. The lowest BCUT2D eigenvalue weighted by Crippen LogP contribution is -2.20. The van der Waals surface area contributed by atoms with E-state index in [1.807, 2.05) is 53.2 Å². The van der Waals surface area contributed by atoms with Gasteiger partial charge in [-0.2, -0.15) is 0 Å². The minimum atomic E-state index is -0.236. The number of methoxy groups -OCH3 is 1. The Morgan fingerprint density at radius 1 is 1.17 bits per heavy atom. The fourth-order valence-electron chi connectivity index (χ4n) is 2.67. The van der Waals surface area contributed by atoms with E-state index in [1.165, 1.54) is 0 Å². The largest absolute Gasteiger partial charge is 0.493 e. The predicted molar refractivity (Wildman–Crippen MR) is 122 cm³/mol. The molecule has 0 bridgehead atoms. The Balaban J connectivity index is 0.00000320. The second-order valence-corrected chi connectivity index (χ2v) is 7.22. The molecule has 7 nitrogen and oxygen atoms in total. The van der Waals surface area contributed by atoms with E-state index in [2.05, 4.69) is 31.5 Å².